The molecule has 0 fully saturated rings. The molecule has 0 saturated carbocycles. The molecule has 0 spiro atoms. The van der Waals surface area contributed by atoms with E-state index in [1.54, 1.807) is 18.2 Å². The maximum absolute atomic E-state index is 11.9. The van der Waals surface area contributed by atoms with Crippen LogP contribution in [0.5, 0.6) is 5.75 Å². The van der Waals surface area contributed by atoms with Gasteiger partial charge in [0.05, 0.1) is 25.3 Å². The zero-order chi connectivity index (χ0) is 12.8. The summed E-state index contributed by atoms with van der Waals surface area (Å²) in [5, 5.41) is 11.7. The molecule has 0 saturated heterocycles. The van der Waals surface area contributed by atoms with Crippen LogP contribution >= 0.6 is 0 Å². The molecule has 4 N–H and O–H groups in total. The third kappa shape index (κ3) is 3.35. The number of hydrogen-bond acceptors (Lipinski definition) is 4. The molecule has 17 heavy (non-hydrogen) atoms. The summed E-state index contributed by atoms with van der Waals surface area (Å²) in [4.78, 5) is 11.9. The first kappa shape index (κ1) is 13.3. The van der Waals surface area contributed by atoms with Crippen LogP contribution in [-0.4, -0.2) is 30.8 Å². The first-order valence-corrected chi connectivity index (χ1v) is 5.47. The second-order valence-electron chi connectivity index (χ2n) is 3.72. The van der Waals surface area contributed by atoms with Crippen LogP contribution in [0.2, 0.25) is 0 Å². The number of methoxy groups -OCH3 is 1. The highest BCUT2D eigenvalue weighted by Crippen LogP contribution is 2.21. The minimum absolute atomic E-state index is 0.0838. The number of rotatable bonds is 5. The van der Waals surface area contributed by atoms with Crippen LogP contribution in [-0.2, 0) is 0 Å². The van der Waals surface area contributed by atoms with Crippen molar-refractivity contribution in [2.75, 3.05) is 19.5 Å². The maximum atomic E-state index is 11.9. The summed E-state index contributed by atoms with van der Waals surface area (Å²) in [6.45, 7) is 1.81. The molecule has 1 aromatic carbocycles. The molecule has 1 unspecified atom stereocenters. The van der Waals surface area contributed by atoms with Gasteiger partial charge in [-0.25, -0.2) is 0 Å². The monoisotopic (exact) mass is 238 g/mol. The minimum atomic E-state index is -0.275. The molecule has 0 aliphatic heterocycles. The van der Waals surface area contributed by atoms with Gasteiger partial charge in [-0.15, -0.1) is 0 Å². The number of anilines is 1. The highest BCUT2D eigenvalue weighted by atomic mass is 16.5. The van der Waals surface area contributed by atoms with Gasteiger partial charge in [0.2, 0.25) is 0 Å². The lowest BCUT2D eigenvalue weighted by molar-refractivity contribution is 0.0912. The number of hydrogen-bond donors (Lipinski definition) is 3. The largest absolute Gasteiger partial charge is 0.496 e. The number of aliphatic hydroxyl groups is 1. The Morgan fingerprint density at radius 1 is 1.59 bits per heavy atom. The highest BCUT2D eigenvalue weighted by Gasteiger charge is 2.15. The van der Waals surface area contributed by atoms with Crippen molar-refractivity contribution in [3.05, 3.63) is 23.8 Å². The first-order valence-electron chi connectivity index (χ1n) is 5.47. The van der Waals surface area contributed by atoms with E-state index in [0.29, 0.717) is 23.4 Å². The van der Waals surface area contributed by atoms with Gasteiger partial charge in [-0.1, -0.05) is 6.92 Å². The van der Waals surface area contributed by atoms with Gasteiger partial charge in [0, 0.05) is 11.8 Å². The molecule has 0 bridgehead atoms. The quantitative estimate of drug-likeness (QED) is 0.662. The van der Waals surface area contributed by atoms with Crippen molar-refractivity contribution >= 4 is 11.6 Å². The van der Waals surface area contributed by atoms with Gasteiger partial charge < -0.3 is 20.9 Å². The zero-order valence-electron chi connectivity index (χ0n) is 10.1. The third-order valence-electron chi connectivity index (χ3n) is 2.52. The fourth-order valence-corrected chi connectivity index (χ4v) is 1.44. The van der Waals surface area contributed by atoms with Crippen molar-refractivity contribution in [2.24, 2.45) is 0 Å². The van der Waals surface area contributed by atoms with E-state index in [1.165, 1.54) is 7.11 Å². The van der Waals surface area contributed by atoms with Crippen LogP contribution in [0.3, 0.4) is 0 Å². The van der Waals surface area contributed by atoms with E-state index in [0.717, 1.165) is 0 Å². The van der Waals surface area contributed by atoms with E-state index in [-0.39, 0.29) is 18.6 Å². The van der Waals surface area contributed by atoms with E-state index in [1.807, 2.05) is 6.92 Å². The van der Waals surface area contributed by atoms with Crippen LogP contribution < -0.4 is 15.8 Å². The Labute approximate surface area is 101 Å². The van der Waals surface area contributed by atoms with Crippen molar-refractivity contribution < 1.29 is 14.6 Å². The smallest absolute Gasteiger partial charge is 0.255 e. The fraction of sp³-hybridized carbons (Fsp3) is 0.417. The molecule has 0 heterocycles. The van der Waals surface area contributed by atoms with Crippen molar-refractivity contribution in [3.8, 4) is 5.75 Å². The number of nitrogen functional groups attached to an aromatic ring is 1. The summed E-state index contributed by atoms with van der Waals surface area (Å²) in [7, 11) is 1.48. The Morgan fingerprint density at radius 2 is 2.29 bits per heavy atom. The molecular formula is C12H18N2O3. The van der Waals surface area contributed by atoms with Gasteiger partial charge in [0.25, 0.3) is 5.91 Å². The molecule has 1 amide bonds. The number of nitrogens with one attached hydrogen (secondary N) is 1. The Kier molecular flexibility index (Phi) is 4.78. The lowest BCUT2D eigenvalue weighted by atomic mass is 10.1. The summed E-state index contributed by atoms with van der Waals surface area (Å²) < 4.78 is 5.09. The molecule has 1 atom stereocenters. The maximum Gasteiger partial charge on any atom is 0.255 e. The Morgan fingerprint density at radius 3 is 2.82 bits per heavy atom. The van der Waals surface area contributed by atoms with Gasteiger partial charge in [-0.2, -0.15) is 0 Å². The summed E-state index contributed by atoms with van der Waals surface area (Å²) in [6, 6.07) is 4.59. The molecule has 94 valence electrons. The van der Waals surface area contributed by atoms with Crippen molar-refractivity contribution in [1.82, 2.24) is 5.32 Å². The molecule has 5 nitrogen and oxygen atoms in total. The standard InChI is InChI=1S/C12H18N2O3/c1-3-9(7-15)14-12(16)10-5-4-8(13)6-11(10)17-2/h4-6,9,15H,3,7,13H2,1-2H3,(H,14,16). The number of nitrogens with two attached hydrogens (primary N) is 1. The number of aliphatic hydroxyl groups excluding tert-OH is 1. The number of benzene rings is 1. The topological polar surface area (TPSA) is 84.6 Å². The predicted molar refractivity (Wildman–Crippen MR) is 66.0 cm³/mol. The molecular weight excluding hydrogens is 220 g/mol. The number of carbonyl (C=O) groups is 1. The van der Waals surface area contributed by atoms with E-state index in [2.05, 4.69) is 5.32 Å². The molecule has 0 radical (unpaired) electrons. The lowest BCUT2D eigenvalue weighted by Gasteiger charge is -2.15. The van der Waals surface area contributed by atoms with Gasteiger partial charge in [0.1, 0.15) is 5.75 Å². The number of amides is 1. The minimum Gasteiger partial charge on any atom is -0.496 e. The normalized spacial score (nSPS) is 11.9. The number of ether oxygens (including phenoxy) is 1. The van der Waals surface area contributed by atoms with Gasteiger partial charge >= 0.3 is 0 Å². The van der Waals surface area contributed by atoms with Crippen LogP contribution in [0.25, 0.3) is 0 Å². The fourth-order valence-electron chi connectivity index (χ4n) is 1.44. The Balaban J connectivity index is 2.88. The summed E-state index contributed by atoms with van der Waals surface area (Å²) in [5.41, 5.74) is 6.55. The SMILES string of the molecule is CCC(CO)NC(=O)c1ccc(N)cc1OC. The van der Waals surface area contributed by atoms with E-state index in [9.17, 15) is 4.79 Å². The van der Waals surface area contributed by atoms with E-state index < -0.39 is 0 Å². The van der Waals surface area contributed by atoms with Gasteiger partial charge in [-0.3, -0.25) is 4.79 Å². The average molecular weight is 238 g/mol. The van der Waals surface area contributed by atoms with E-state index in [4.69, 9.17) is 15.6 Å². The summed E-state index contributed by atoms with van der Waals surface area (Å²) in [5.74, 6) is 0.151. The van der Waals surface area contributed by atoms with Crippen molar-refractivity contribution in [3.63, 3.8) is 0 Å². The Hall–Kier alpha value is -1.75. The van der Waals surface area contributed by atoms with Crippen LogP contribution in [0, 0.1) is 0 Å². The lowest BCUT2D eigenvalue weighted by Crippen LogP contribution is -2.37. The van der Waals surface area contributed by atoms with Crippen LogP contribution in [0.15, 0.2) is 18.2 Å². The zero-order valence-corrected chi connectivity index (χ0v) is 10.1. The molecule has 0 aliphatic rings. The van der Waals surface area contributed by atoms with Gasteiger partial charge in [-0.05, 0) is 18.6 Å². The second kappa shape index (κ2) is 6.10. The van der Waals surface area contributed by atoms with Crippen LogP contribution in [0.4, 0.5) is 5.69 Å². The molecule has 0 aromatic heterocycles. The average Bonchev–Trinajstić information content (AvgIpc) is 2.35. The molecule has 0 aliphatic carbocycles. The molecule has 1 rings (SSSR count). The van der Waals surface area contributed by atoms with Gasteiger partial charge in [0.15, 0.2) is 0 Å². The van der Waals surface area contributed by atoms with Crippen LogP contribution in [0.1, 0.15) is 23.7 Å². The molecule has 5 heteroatoms. The first-order chi connectivity index (χ1) is 8.12. The summed E-state index contributed by atoms with van der Waals surface area (Å²) >= 11 is 0. The second-order valence-corrected chi connectivity index (χ2v) is 3.72. The molecule has 1 aromatic rings. The number of carbonyl (C=O) groups excluding carboxylic acids is 1. The highest BCUT2D eigenvalue weighted by molar-refractivity contribution is 5.97. The van der Waals surface area contributed by atoms with Crippen molar-refractivity contribution in [1.29, 1.82) is 0 Å². The third-order valence-corrected chi connectivity index (χ3v) is 2.52. The summed E-state index contributed by atoms with van der Waals surface area (Å²) in [6.07, 6.45) is 0.666. The Bertz CT molecular complexity index is 389. The predicted octanol–water partition coefficient (Wildman–Crippen LogP) is 0.778. The van der Waals surface area contributed by atoms with Crippen molar-refractivity contribution in [2.45, 2.75) is 19.4 Å². The van der Waals surface area contributed by atoms with E-state index >= 15 is 0 Å².